The van der Waals surface area contributed by atoms with Gasteiger partial charge in [0.25, 0.3) is 0 Å². The molecule has 5 heteroatoms. The van der Waals surface area contributed by atoms with Gasteiger partial charge < -0.3 is 9.47 Å². The van der Waals surface area contributed by atoms with Gasteiger partial charge in [0.15, 0.2) is 23.1 Å². The molecule has 1 aliphatic carbocycles. The quantitative estimate of drug-likeness (QED) is 0.706. The van der Waals surface area contributed by atoms with E-state index in [1.54, 1.807) is 20.3 Å². The van der Waals surface area contributed by atoms with Crippen molar-refractivity contribution in [2.45, 2.75) is 19.4 Å². The lowest BCUT2D eigenvalue weighted by molar-refractivity contribution is -0.118. The molecule has 0 saturated carbocycles. The van der Waals surface area contributed by atoms with E-state index in [1.807, 2.05) is 30.3 Å². The summed E-state index contributed by atoms with van der Waals surface area (Å²) in [5, 5.41) is 0. The molecule has 0 bridgehead atoms. The van der Waals surface area contributed by atoms with Crippen LogP contribution in [-0.2, 0) is 17.8 Å². The van der Waals surface area contributed by atoms with E-state index in [4.69, 9.17) is 9.47 Å². The molecule has 5 nitrogen and oxygen atoms in total. The van der Waals surface area contributed by atoms with Crippen LogP contribution in [0.1, 0.15) is 27.9 Å². The fourth-order valence-electron chi connectivity index (χ4n) is 4.18. The summed E-state index contributed by atoms with van der Waals surface area (Å²) in [6, 6.07) is 13.8. The number of hydrogen-bond donors (Lipinski definition) is 0. The molecule has 0 amide bonds. The Kier molecular flexibility index (Phi) is 5.49. The lowest BCUT2D eigenvalue weighted by atomic mass is 9.90. The van der Waals surface area contributed by atoms with Gasteiger partial charge in [0.05, 0.1) is 20.1 Å². The monoisotopic (exact) mass is 391 g/mol. The van der Waals surface area contributed by atoms with Crippen molar-refractivity contribution in [2.75, 3.05) is 27.3 Å². The minimum absolute atomic E-state index is 0.0384. The van der Waals surface area contributed by atoms with Crippen molar-refractivity contribution in [3.05, 3.63) is 70.8 Å². The van der Waals surface area contributed by atoms with Gasteiger partial charge in [0, 0.05) is 25.2 Å². The third-order valence-corrected chi connectivity index (χ3v) is 5.79. The fraction of sp³-hybridized carbons (Fsp3) is 0.333. The lowest BCUT2D eigenvalue weighted by Gasteiger charge is -2.26. The van der Waals surface area contributed by atoms with Crippen LogP contribution in [0.15, 0.2) is 54.1 Å². The Morgan fingerprint density at radius 2 is 1.83 bits per heavy atom. The van der Waals surface area contributed by atoms with E-state index in [0.717, 1.165) is 30.8 Å². The highest BCUT2D eigenvalue weighted by atomic mass is 16.5. The molecule has 1 heterocycles. The van der Waals surface area contributed by atoms with Gasteiger partial charge in [-0.05, 0) is 41.7 Å². The Morgan fingerprint density at radius 3 is 2.48 bits per heavy atom. The van der Waals surface area contributed by atoms with Crippen molar-refractivity contribution >= 4 is 11.6 Å². The highest BCUT2D eigenvalue weighted by Crippen LogP contribution is 2.38. The van der Waals surface area contributed by atoms with Crippen molar-refractivity contribution in [1.82, 2.24) is 4.90 Å². The second-order valence-electron chi connectivity index (χ2n) is 7.55. The molecule has 0 radical (unpaired) electrons. The predicted octanol–water partition coefficient (Wildman–Crippen LogP) is 3.46. The van der Waals surface area contributed by atoms with Crippen LogP contribution in [0.25, 0.3) is 0 Å². The smallest absolute Gasteiger partial charge is 0.174 e. The van der Waals surface area contributed by atoms with Crippen LogP contribution < -0.4 is 9.47 Å². The van der Waals surface area contributed by atoms with Gasteiger partial charge in [-0.2, -0.15) is 0 Å². The topological polar surface area (TPSA) is 55.8 Å². The second-order valence-corrected chi connectivity index (χ2v) is 7.55. The van der Waals surface area contributed by atoms with E-state index in [1.165, 1.54) is 5.56 Å². The van der Waals surface area contributed by atoms with E-state index in [9.17, 15) is 9.59 Å². The largest absolute Gasteiger partial charge is 0.493 e. The van der Waals surface area contributed by atoms with Gasteiger partial charge in [-0.25, -0.2) is 0 Å². The average molecular weight is 391 g/mol. The average Bonchev–Trinajstić information content (AvgIpc) is 3.09. The van der Waals surface area contributed by atoms with E-state index in [0.29, 0.717) is 29.9 Å². The summed E-state index contributed by atoms with van der Waals surface area (Å²) >= 11 is 0. The SMILES string of the molecule is COc1cc2c(cc1OC)C(=O)C(C(=O)C1=CCN(Cc3ccccc3)CC1)C2. The third kappa shape index (κ3) is 3.83. The summed E-state index contributed by atoms with van der Waals surface area (Å²) in [6.07, 6.45) is 3.10. The first kappa shape index (κ1) is 19.4. The number of ketones is 2. The molecule has 0 aromatic heterocycles. The molecule has 1 unspecified atom stereocenters. The van der Waals surface area contributed by atoms with E-state index >= 15 is 0 Å². The maximum Gasteiger partial charge on any atom is 0.174 e. The van der Waals surface area contributed by atoms with Crippen LogP contribution in [0, 0.1) is 5.92 Å². The maximum atomic E-state index is 13.1. The van der Waals surface area contributed by atoms with Crippen LogP contribution in [-0.4, -0.2) is 43.8 Å². The second kappa shape index (κ2) is 8.21. The number of ether oxygens (including phenoxy) is 2. The molecule has 0 fully saturated rings. The molecule has 0 N–H and O–H groups in total. The molecule has 0 saturated heterocycles. The molecule has 2 aliphatic rings. The van der Waals surface area contributed by atoms with Crippen LogP contribution >= 0.6 is 0 Å². The Balaban J connectivity index is 1.45. The number of methoxy groups -OCH3 is 2. The summed E-state index contributed by atoms with van der Waals surface area (Å²) < 4.78 is 10.6. The number of carbonyl (C=O) groups is 2. The number of carbonyl (C=O) groups excluding carboxylic acids is 2. The van der Waals surface area contributed by atoms with E-state index in [2.05, 4.69) is 17.0 Å². The van der Waals surface area contributed by atoms with Crippen molar-refractivity contribution in [3.63, 3.8) is 0 Å². The summed E-state index contributed by atoms with van der Waals surface area (Å²) in [4.78, 5) is 28.3. The van der Waals surface area contributed by atoms with E-state index in [-0.39, 0.29) is 11.6 Å². The highest BCUT2D eigenvalue weighted by molar-refractivity contribution is 6.18. The molecular formula is C24H25NO4. The Labute approximate surface area is 170 Å². The number of fused-ring (bicyclic) bond motifs is 1. The number of benzene rings is 2. The third-order valence-electron chi connectivity index (χ3n) is 5.79. The standard InChI is InChI=1S/C24H25NO4/c1-28-21-13-18-12-20(24(27)19(18)14-22(21)29-2)23(26)17-8-10-25(11-9-17)15-16-6-4-3-5-7-16/h3-8,13-14,20H,9-12,15H2,1-2H3. The zero-order valence-corrected chi connectivity index (χ0v) is 16.8. The minimum Gasteiger partial charge on any atom is -0.493 e. The summed E-state index contributed by atoms with van der Waals surface area (Å²) in [5.41, 5.74) is 3.47. The highest BCUT2D eigenvalue weighted by Gasteiger charge is 2.38. The van der Waals surface area contributed by atoms with Gasteiger partial charge in [-0.15, -0.1) is 0 Å². The molecule has 4 rings (SSSR count). The summed E-state index contributed by atoms with van der Waals surface area (Å²) in [5.74, 6) is 0.317. The number of nitrogens with zero attached hydrogens (tertiary/aromatic N) is 1. The number of hydrogen-bond acceptors (Lipinski definition) is 5. The fourth-order valence-corrected chi connectivity index (χ4v) is 4.18. The molecule has 0 spiro atoms. The number of Topliss-reactive ketones (excluding diaryl/α,β-unsaturated/α-hetero) is 2. The first-order valence-corrected chi connectivity index (χ1v) is 9.89. The van der Waals surface area contributed by atoms with Crippen LogP contribution in [0.5, 0.6) is 11.5 Å². The van der Waals surface area contributed by atoms with Gasteiger partial charge in [0.1, 0.15) is 0 Å². The predicted molar refractivity (Wildman–Crippen MR) is 110 cm³/mol. The van der Waals surface area contributed by atoms with Crippen LogP contribution in [0.3, 0.4) is 0 Å². The van der Waals surface area contributed by atoms with Crippen LogP contribution in [0.2, 0.25) is 0 Å². The Bertz CT molecular complexity index is 964. The maximum absolute atomic E-state index is 13.1. The lowest BCUT2D eigenvalue weighted by Crippen LogP contribution is -2.32. The first-order chi connectivity index (χ1) is 14.1. The van der Waals surface area contributed by atoms with Gasteiger partial charge in [-0.3, -0.25) is 14.5 Å². The van der Waals surface area contributed by atoms with Crippen molar-refractivity contribution in [1.29, 1.82) is 0 Å². The van der Waals surface area contributed by atoms with Crippen molar-refractivity contribution in [3.8, 4) is 11.5 Å². The summed E-state index contributed by atoms with van der Waals surface area (Å²) in [6.45, 7) is 2.42. The Morgan fingerprint density at radius 1 is 1.10 bits per heavy atom. The first-order valence-electron chi connectivity index (χ1n) is 9.89. The zero-order chi connectivity index (χ0) is 20.4. The molecule has 29 heavy (non-hydrogen) atoms. The van der Waals surface area contributed by atoms with Gasteiger partial charge in [0.2, 0.25) is 0 Å². The molecule has 150 valence electrons. The zero-order valence-electron chi connectivity index (χ0n) is 16.8. The van der Waals surface area contributed by atoms with Crippen molar-refractivity contribution < 1.29 is 19.1 Å². The molecule has 1 atom stereocenters. The molecular weight excluding hydrogens is 366 g/mol. The number of rotatable bonds is 6. The Hall–Kier alpha value is -2.92. The normalized spacial score (nSPS) is 18.9. The minimum atomic E-state index is -0.631. The van der Waals surface area contributed by atoms with E-state index < -0.39 is 5.92 Å². The van der Waals surface area contributed by atoms with Crippen LogP contribution in [0.4, 0.5) is 0 Å². The summed E-state index contributed by atoms with van der Waals surface area (Å²) in [7, 11) is 3.11. The molecule has 2 aromatic rings. The van der Waals surface area contributed by atoms with Crippen molar-refractivity contribution in [2.24, 2.45) is 5.92 Å². The van der Waals surface area contributed by atoms with Gasteiger partial charge >= 0.3 is 0 Å². The van der Waals surface area contributed by atoms with Gasteiger partial charge in [-0.1, -0.05) is 36.4 Å². The molecule has 1 aliphatic heterocycles. The molecule has 2 aromatic carbocycles.